The topological polar surface area (TPSA) is 3.24 Å². The van der Waals surface area contributed by atoms with E-state index in [0.29, 0.717) is 0 Å². The molecule has 12 rings (SSSR count). The molecule has 0 aromatic heterocycles. The number of nitrogens with zero attached hydrogens (tertiary/aromatic N) is 1. The highest BCUT2D eigenvalue weighted by molar-refractivity contribution is 5.99. The second-order valence-corrected chi connectivity index (χ2v) is 21.1. The fourth-order valence-corrected chi connectivity index (χ4v) is 12.4. The standard InChI is InChI=1S/C66H57N/c1-63(2)39-40-64(3,4)59-43-57-53(42-58(59)63)61-51(30-19-33-56(61)66(57,47-24-12-8-13-25-47)48-26-14-9-15-27-48)46-23-18-28-50(41-46)67(49-37-35-45(36-38-49)44-21-10-7-11-22-44)60-34-20-32-55-62(60)52-29-16-17-31-54(52)65(55,5)6/h7-38,41-43H,39-40H2,1-6H3. The first-order valence-corrected chi connectivity index (χ1v) is 24.2. The molecule has 0 aliphatic heterocycles. The zero-order chi connectivity index (χ0) is 45.7. The van der Waals surface area contributed by atoms with Crippen molar-refractivity contribution in [2.24, 2.45) is 0 Å². The lowest BCUT2D eigenvalue weighted by atomic mass is 9.61. The lowest BCUT2D eigenvalue weighted by Crippen LogP contribution is -2.35. The summed E-state index contributed by atoms with van der Waals surface area (Å²) in [6, 6.07) is 80.1. The molecule has 0 N–H and O–H groups in total. The van der Waals surface area contributed by atoms with Gasteiger partial charge in [0.2, 0.25) is 0 Å². The van der Waals surface area contributed by atoms with Crippen molar-refractivity contribution in [1.82, 2.24) is 0 Å². The van der Waals surface area contributed by atoms with E-state index in [-0.39, 0.29) is 16.2 Å². The summed E-state index contributed by atoms with van der Waals surface area (Å²) in [4.78, 5) is 2.51. The number of anilines is 3. The van der Waals surface area contributed by atoms with Crippen molar-refractivity contribution in [3.8, 4) is 44.5 Å². The Labute approximate surface area is 397 Å². The quantitative estimate of drug-likeness (QED) is 0.154. The molecular weight excluding hydrogens is 807 g/mol. The van der Waals surface area contributed by atoms with E-state index in [2.05, 4.69) is 259 Å². The fourth-order valence-electron chi connectivity index (χ4n) is 12.4. The molecule has 0 unspecified atom stereocenters. The Balaban J connectivity index is 1.11. The molecule has 67 heavy (non-hydrogen) atoms. The van der Waals surface area contributed by atoms with Gasteiger partial charge in [0.05, 0.1) is 11.1 Å². The van der Waals surface area contributed by atoms with E-state index in [1.165, 1.54) is 101 Å². The average Bonchev–Trinajstić information content (AvgIpc) is 3.79. The number of hydrogen-bond acceptors (Lipinski definition) is 1. The second-order valence-electron chi connectivity index (χ2n) is 21.1. The SMILES string of the molecule is CC1(C)CCC(C)(C)c2cc3c(cc21)-c1c(-c2cccc(N(c4ccc(-c5ccccc5)cc4)c4cccc5c4-c4ccccc4C5(C)C)c2)cccc1C3(c1ccccc1)c1ccccc1. The predicted octanol–water partition coefficient (Wildman–Crippen LogP) is 17.5. The third kappa shape index (κ3) is 6.20. The van der Waals surface area contributed by atoms with Crippen LogP contribution in [0.4, 0.5) is 17.1 Å². The lowest BCUT2D eigenvalue weighted by Gasteiger charge is -2.43. The van der Waals surface area contributed by atoms with Crippen molar-refractivity contribution < 1.29 is 0 Å². The van der Waals surface area contributed by atoms with Crippen molar-refractivity contribution in [3.05, 3.63) is 257 Å². The molecule has 0 bridgehead atoms. The van der Waals surface area contributed by atoms with E-state index < -0.39 is 5.41 Å². The van der Waals surface area contributed by atoms with Crippen LogP contribution in [0.1, 0.15) is 98.9 Å². The summed E-state index contributed by atoms with van der Waals surface area (Å²) in [5, 5.41) is 0. The van der Waals surface area contributed by atoms with Crippen LogP contribution in [0.2, 0.25) is 0 Å². The highest BCUT2D eigenvalue weighted by Gasteiger charge is 2.49. The van der Waals surface area contributed by atoms with Crippen molar-refractivity contribution in [2.45, 2.75) is 76.0 Å². The zero-order valence-electron chi connectivity index (χ0n) is 39.6. The molecule has 1 heteroatoms. The molecule has 0 atom stereocenters. The van der Waals surface area contributed by atoms with Crippen LogP contribution < -0.4 is 4.90 Å². The Morgan fingerprint density at radius 2 is 0.851 bits per heavy atom. The summed E-state index contributed by atoms with van der Waals surface area (Å²) in [6.07, 6.45) is 2.33. The summed E-state index contributed by atoms with van der Waals surface area (Å²) in [5.74, 6) is 0. The molecular formula is C66H57N. The van der Waals surface area contributed by atoms with Gasteiger partial charge in [-0.3, -0.25) is 0 Å². The third-order valence-electron chi connectivity index (χ3n) is 16.0. The van der Waals surface area contributed by atoms with Gasteiger partial charge >= 0.3 is 0 Å². The molecule has 3 aliphatic rings. The Morgan fingerprint density at radius 3 is 1.54 bits per heavy atom. The van der Waals surface area contributed by atoms with Gasteiger partial charge < -0.3 is 4.90 Å². The van der Waals surface area contributed by atoms with E-state index in [1.54, 1.807) is 0 Å². The first-order valence-electron chi connectivity index (χ1n) is 24.2. The molecule has 0 radical (unpaired) electrons. The Hall–Kier alpha value is -7.22. The van der Waals surface area contributed by atoms with Crippen molar-refractivity contribution in [1.29, 1.82) is 0 Å². The Kier molecular flexibility index (Phi) is 9.33. The summed E-state index contributed by atoms with van der Waals surface area (Å²) in [7, 11) is 0. The van der Waals surface area contributed by atoms with Crippen molar-refractivity contribution >= 4 is 17.1 Å². The first-order chi connectivity index (χ1) is 32.5. The number of fused-ring (bicyclic) bond motifs is 7. The fraction of sp³-hybridized carbons (Fsp3) is 0.182. The van der Waals surface area contributed by atoms with Crippen LogP contribution >= 0.6 is 0 Å². The number of rotatable bonds is 7. The van der Waals surface area contributed by atoms with Gasteiger partial charge in [-0.1, -0.05) is 217 Å². The highest BCUT2D eigenvalue weighted by Crippen LogP contribution is 2.61. The maximum Gasteiger partial charge on any atom is 0.0713 e. The molecule has 326 valence electrons. The maximum absolute atomic E-state index is 2.64. The minimum absolute atomic E-state index is 0.0549. The molecule has 0 spiro atoms. The summed E-state index contributed by atoms with van der Waals surface area (Å²) in [6.45, 7) is 14.6. The second kappa shape index (κ2) is 15.2. The molecule has 0 amide bonds. The first kappa shape index (κ1) is 41.2. The largest absolute Gasteiger partial charge is 0.310 e. The van der Waals surface area contributed by atoms with Gasteiger partial charge in [-0.25, -0.2) is 0 Å². The van der Waals surface area contributed by atoms with Crippen LogP contribution in [0.3, 0.4) is 0 Å². The summed E-state index contributed by atoms with van der Waals surface area (Å²) >= 11 is 0. The van der Waals surface area contributed by atoms with Crippen LogP contribution in [0.15, 0.2) is 212 Å². The monoisotopic (exact) mass is 863 g/mol. The van der Waals surface area contributed by atoms with E-state index in [4.69, 9.17) is 0 Å². The summed E-state index contributed by atoms with van der Waals surface area (Å²) < 4.78 is 0. The number of hydrogen-bond donors (Lipinski definition) is 0. The summed E-state index contributed by atoms with van der Waals surface area (Å²) in [5.41, 5.74) is 24.1. The minimum Gasteiger partial charge on any atom is -0.310 e. The normalized spacial score (nSPS) is 16.3. The molecule has 1 nitrogen and oxygen atoms in total. The Bertz CT molecular complexity index is 3310. The average molecular weight is 864 g/mol. The maximum atomic E-state index is 2.64. The molecule has 9 aromatic rings. The van der Waals surface area contributed by atoms with E-state index in [9.17, 15) is 0 Å². The van der Waals surface area contributed by atoms with Gasteiger partial charge in [0.1, 0.15) is 0 Å². The number of benzene rings is 9. The van der Waals surface area contributed by atoms with E-state index in [0.717, 1.165) is 17.8 Å². The van der Waals surface area contributed by atoms with Crippen LogP contribution in [-0.2, 0) is 21.7 Å². The van der Waals surface area contributed by atoms with E-state index >= 15 is 0 Å². The van der Waals surface area contributed by atoms with Crippen LogP contribution in [0.5, 0.6) is 0 Å². The van der Waals surface area contributed by atoms with E-state index in [1.807, 2.05) is 0 Å². The predicted molar refractivity (Wildman–Crippen MR) is 282 cm³/mol. The molecule has 0 heterocycles. The van der Waals surface area contributed by atoms with Gasteiger partial charge in [-0.15, -0.1) is 0 Å². The van der Waals surface area contributed by atoms with Gasteiger partial charge in [-0.05, 0) is 144 Å². The van der Waals surface area contributed by atoms with Crippen LogP contribution in [0, 0.1) is 0 Å². The molecule has 0 saturated carbocycles. The van der Waals surface area contributed by atoms with Gasteiger partial charge in [-0.2, -0.15) is 0 Å². The zero-order valence-corrected chi connectivity index (χ0v) is 39.6. The van der Waals surface area contributed by atoms with Crippen molar-refractivity contribution in [3.63, 3.8) is 0 Å². The Morgan fingerprint density at radius 1 is 0.328 bits per heavy atom. The molecule has 0 fully saturated rings. The van der Waals surface area contributed by atoms with Crippen molar-refractivity contribution in [2.75, 3.05) is 4.90 Å². The smallest absolute Gasteiger partial charge is 0.0713 e. The lowest BCUT2D eigenvalue weighted by molar-refractivity contribution is 0.331. The third-order valence-corrected chi connectivity index (χ3v) is 16.0. The molecule has 3 aliphatic carbocycles. The molecule has 9 aromatic carbocycles. The van der Waals surface area contributed by atoms with Gasteiger partial charge in [0, 0.05) is 22.4 Å². The minimum atomic E-state index is -0.509. The van der Waals surface area contributed by atoms with Crippen LogP contribution in [-0.4, -0.2) is 0 Å². The molecule has 0 saturated heterocycles. The van der Waals surface area contributed by atoms with Gasteiger partial charge in [0.25, 0.3) is 0 Å². The highest BCUT2D eigenvalue weighted by atomic mass is 15.1. The van der Waals surface area contributed by atoms with Gasteiger partial charge in [0.15, 0.2) is 0 Å². The van der Waals surface area contributed by atoms with Crippen LogP contribution in [0.25, 0.3) is 44.5 Å².